The maximum Gasteiger partial charge on any atom is 0.286 e. The fourth-order valence-corrected chi connectivity index (χ4v) is 1.62. The summed E-state index contributed by atoms with van der Waals surface area (Å²) in [6, 6.07) is 0. The zero-order valence-corrected chi connectivity index (χ0v) is 10.4. The molecule has 0 radical (unpaired) electrons. The summed E-state index contributed by atoms with van der Waals surface area (Å²) in [5, 5.41) is 5.38. The summed E-state index contributed by atoms with van der Waals surface area (Å²) in [5.41, 5.74) is -0.672. The lowest BCUT2D eigenvalue weighted by Crippen LogP contribution is -2.49. The Morgan fingerprint density at radius 3 is 2.59 bits per heavy atom. The van der Waals surface area contributed by atoms with Gasteiger partial charge in [-0.2, -0.15) is 0 Å². The lowest BCUT2D eigenvalue weighted by atomic mass is 10.1. The molecule has 0 atom stereocenters. The number of carbonyl (C=O) groups is 1. The Bertz CT molecular complexity index is 501. The predicted molar refractivity (Wildman–Crippen MR) is 61.5 cm³/mol. The quantitative estimate of drug-likeness (QED) is 0.752. The molecule has 17 heavy (non-hydrogen) atoms. The molecule has 0 saturated carbocycles. The monoisotopic (exact) mass is 254 g/mol. The van der Waals surface area contributed by atoms with Gasteiger partial charge in [-0.1, -0.05) is 11.6 Å². The van der Waals surface area contributed by atoms with Crippen LogP contribution >= 0.6 is 11.6 Å². The van der Waals surface area contributed by atoms with Crippen LogP contribution in [0.15, 0.2) is 17.5 Å². The molecule has 0 aromatic carbocycles. The Hall–Kier alpha value is -1.69. The van der Waals surface area contributed by atoms with Crippen molar-refractivity contribution in [3.63, 3.8) is 0 Å². The second-order valence-electron chi connectivity index (χ2n) is 4.04. The Kier molecular flexibility index (Phi) is 2.74. The maximum absolute atomic E-state index is 11.7. The van der Waals surface area contributed by atoms with Gasteiger partial charge in [0.05, 0.1) is 0 Å². The van der Waals surface area contributed by atoms with E-state index in [1.807, 2.05) is 0 Å². The summed E-state index contributed by atoms with van der Waals surface area (Å²) < 4.78 is 5.50. The van der Waals surface area contributed by atoms with Crippen LogP contribution in [0.2, 0.25) is 5.15 Å². The van der Waals surface area contributed by atoms with Crippen LogP contribution in [0.5, 0.6) is 0 Å². The number of hydrogen-bond donors (Lipinski definition) is 0. The number of carbonyl (C=O) groups excluding carboxylic acids is 1. The van der Waals surface area contributed by atoms with Gasteiger partial charge in [0.25, 0.3) is 11.8 Å². The van der Waals surface area contributed by atoms with Crippen molar-refractivity contribution in [1.29, 1.82) is 0 Å². The van der Waals surface area contributed by atoms with E-state index in [0.29, 0.717) is 5.69 Å². The van der Waals surface area contributed by atoms with Crippen molar-refractivity contribution in [2.75, 3.05) is 7.05 Å². The first-order chi connectivity index (χ1) is 7.92. The van der Waals surface area contributed by atoms with Gasteiger partial charge < -0.3 is 4.74 Å². The van der Waals surface area contributed by atoms with Gasteiger partial charge in [-0.15, -0.1) is 5.10 Å². The molecule has 0 N–H and O–H groups in total. The summed E-state index contributed by atoms with van der Waals surface area (Å²) in [6.07, 6.45) is 2.95. The second kappa shape index (κ2) is 3.96. The van der Waals surface area contributed by atoms with E-state index in [4.69, 9.17) is 16.3 Å². The molecule has 90 valence electrons. The number of halogens is 1. The third-order valence-corrected chi connectivity index (χ3v) is 2.53. The van der Waals surface area contributed by atoms with Crippen LogP contribution in [0.25, 0.3) is 0 Å². The van der Waals surface area contributed by atoms with E-state index in [0.717, 1.165) is 0 Å². The average Bonchev–Trinajstić information content (AvgIpc) is 2.26. The van der Waals surface area contributed by atoms with Crippen molar-refractivity contribution in [3.05, 3.63) is 23.2 Å². The van der Waals surface area contributed by atoms with Crippen LogP contribution in [0.4, 0.5) is 0 Å². The average molecular weight is 255 g/mol. The summed E-state index contributed by atoms with van der Waals surface area (Å²) in [7, 11) is 1.55. The van der Waals surface area contributed by atoms with Crippen LogP contribution in [0.3, 0.4) is 0 Å². The van der Waals surface area contributed by atoms with Gasteiger partial charge in [0.1, 0.15) is 0 Å². The first kappa shape index (κ1) is 11.8. The van der Waals surface area contributed by atoms with Crippen LogP contribution in [0.1, 0.15) is 19.5 Å². The van der Waals surface area contributed by atoms with Crippen LogP contribution in [-0.4, -0.2) is 39.4 Å². The molecule has 0 unspecified atom stereocenters. The van der Waals surface area contributed by atoms with Gasteiger partial charge in [-0.25, -0.2) is 15.0 Å². The van der Waals surface area contributed by atoms with E-state index < -0.39 is 5.60 Å². The molecule has 1 aliphatic rings. The Morgan fingerprint density at radius 1 is 1.35 bits per heavy atom. The molecule has 2 rings (SSSR count). The number of hydrazone groups is 1. The van der Waals surface area contributed by atoms with Crippen LogP contribution < -0.4 is 0 Å². The smallest absolute Gasteiger partial charge is 0.286 e. The molecule has 0 aliphatic carbocycles. The van der Waals surface area contributed by atoms with Gasteiger partial charge >= 0.3 is 0 Å². The highest BCUT2D eigenvalue weighted by molar-refractivity contribution is 6.32. The largest absolute Gasteiger partial charge is 0.459 e. The van der Waals surface area contributed by atoms with Crippen molar-refractivity contribution in [1.82, 2.24) is 15.0 Å². The number of likely N-dealkylation sites (N-methyl/N-ethyl adjacent to an activating group) is 1. The van der Waals surface area contributed by atoms with E-state index in [9.17, 15) is 4.79 Å². The van der Waals surface area contributed by atoms with E-state index in [-0.39, 0.29) is 17.0 Å². The van der Waals surface area contributed by atoms with Gasteiger partial charge in [0.2, 0.25) is 0 Å². The molecule has 0 bridgehead atoms. The lowest BCUT2D eigenvalue weighted by Gasteiger charge is -2.32. The zero-order chi connectivity index (χ0) is 12.6. The fraction of sp³-hybridized carbons (Fsp3) is 0.400. The van der Waals surface area contributed by atoms with Crippen molar-refractivity contribution in [2.45, 2.75) is 19.4 Å². The van der Waals surface area contributed by atoms with Crippen molar-refractivity contribution >= 4 is 23.4 Å². The van der Waals surface area contributed by atoms with Gasteiger partial charge in [0.15, 0.2) is 16.4 Å². The number of ether oxygens (including phenoxy) is 1. The fourth-order valence-electron chi connectivity index (χ4n) is 1.44. The van der Waals surface area contributed by atoms with E-state index in [2.05, 4.69) is 15.1 Å². The number of hydrogen-bond acceptors (Lipinski definition) is 5. The maximum atomic E-state index is 11.7. The number of aromatic nitrogens is 2. The lowest BCUT2D eigenvalue weighted by molar-refractivity contribution is -0.148. The Balaban J connectivity index is 2.45. The third-order valence-electron chi connectivity index (χ3n) is 2.26. The Morgan fingerprint density at radius 2 is 2.00 bits per heavy atom. The molecule has 1 aliphatic heterocycles. The molecule has 0 saturated heterocycles. The minimum Gasteiger partial charge on any atom is -0.459 e. The number of amides is 1. The van der Waals surface area contributed by atoms with Gasteiger partial charge in [-0.05, 0) is 13.8 Å². The third kappa shape index (κ3) is 2.08. The molecule has 7 heteroatoms. The van der Waals surface area contributed by atoms with Crippen LogP contribution in [0, 0.1) is 0 Å². The highest BCUT2D eigenvalue weighted by atomic mass is 35.5. The van der Waals surface area contributed by atoms with Crippen LogP contribution in [-0.2, 0) is 9.53 Å². The molecule has 1 aromatic heterocycles. The highest BCUT2D eigenvalue weighted by Crippen LogP contribution is 2.23. The van der Waals surface area contributed by atoms with Gasteiger partial charge in [0, 0.05) is 19.4 Å². The minimum absolute atomic E-state index is 0.185. The summed E-state index contributed by atoms with van der Waals surface area (Å²) in [4.78, 5) is 19.7. The molecular weight excluding hydrogens is 244 g/mol. The highest BCUT2D eigenvalue weighted by Gasteiger charge is 2.39. The predicted octanol–water partition coefficient (Wildman–Crippen LogP) is 1.06. The van der Waals surface area contributed by atoms with Crippen molar-refractivity contribution in [3.8, 4) is 0 Å². The number of rotatable bonds is 1. The minimum atomic E-state index is -0.993. The van der Waals surface area contributed by atoms with E-state index in [1.165, 1.54) is 17.4 Å². The molecule has 6 nitrogen and oxygen atoms in total. The van der Waals surface area contributed by atoms with E-state index >= 15 is 0 Å². The number of nitrogens with zero attached hydrogens (tertiary/aromatic N) is 4. The van der Waals surface area contributed by atoms with E-state index in [1.54, 1.807) is 20.9 Å². The van der Waals surface area contributed by atoms with Crippen molar-refractivity contribution in [2.24, 2.45) is 5.10 Å². The van der Waals surface area contributed by atoms with Crippen molar-refractivity contribution < 1.29 is 9.53 Å². The van der Waals surface area contributed by atoms with Gasteiger partial charge in [-0.3, -0.25) is 4.79 Å². The topological polar surface area (TPSA) is 67.7 Å². The molecule has 1 aromatic rings. The summed E-state index contributed by atoms with van der Waals surface area (Å²) in [5.74, 6) is -0.0449. The SMILES string of the molecule is CN1N=C(c2nccnc2Cl)OC(C)(C)C1=O. The molecule has 0 spiro atoms. The molecule has 1 amide bonds. The molecular formula is C10H11ClN4O2. The first-order valence-corrected chi connectivity index (χ1v) is 5.32. The summed E-state index contributed by atoms with van der Waals surface area (Å²) in [6.45, 7) is 3.32. The zero-order valence-electron chi connectivity index (χ0n) is 9.64. The normalized spacial score (nSPS) is 18.7. The first-order valence-electron chi connectivity index (χ1n) is 4.94. The summed E-state index contributed by atoms with van der Waals surface area (Å²) >= 11 is 5.90. The molecule has 0 fully saturated rings. The molecule has 2 heterocycles. The standard InChI is InChI=1S/C10H11ClN4O2/c1-10(2)9(16)15(3)14-8(17-10)6-7(11)13-5-4-12-6/h4-5H,1-3H3. The second-order valence-corrected chi connectivity index (χ2v) is 4.40. The Labute approximate surface area is 103 Å².